The molecular weight excluding hydrogens is 146 g/mol. The SMILES string of the molecule is CC(=N)[C@@H](C)Cc1ccccc1. The van der Waals surface area contributed by atoms with E-state index in [-0.39, 0.29) is 0 Å². The molecule has 0 amide bonds. The fraction of sp³-hybridized carbons (Fsp3) is 0.364. The average molecular weight is 161 g/mol. The molecule has 1 nitrogen and oxygen atoms in total. The molecule has 0 heterocycles. The van der Waals surface area contributed by atoms with Crippen molar-refractivity contribution in [3.63, 3.8) is 0 Å². The summed E-state index contributed by atoms with van der Waals surface area (Å²) in [6.45, 7) is 3.96. The molecule has 0 aliphatic heterocycles. The molecule has 64 valence electrons. The van der Waals surface area contributed by atoms with Crippen molar-refractivity contribution in [3.8, 4) is 0 Å². The van der Waals surface area contributed by atoms with Gasteiger partial charge in [-0.25, -0.2) is 0 Å². The van der Waals surface area contributed by atoms with Crippen molar-refractivity contribution < 1.29 is 0 Å². The van der Waals surface area contributed by atoms with Gasteiger partial charge in [-0.3, -0.25) is 0 Å². The highest BCUT2D eigenvalue weighted by molar-refractivity contribution is 5.81. The van der Waals surface area contributed by atoms with Gasteiger partial charge in [0.2, 0.25) is 0 Å². The van der Waals surface area contributed by atoms with Crippen molar-refractivity contribution in [1.29, 1.82) is 5.41 Å². The summed E-state index contributed by atoms with van der Waals surface area (Å²) < 4.78 is 0. The molecule has 1 N–H and O–H groups in total. The molecule has 0 unspecified atom stereocenters. The molecule has 0 aliphatic carbocycles. The van der Waals surface area contributed by atoms with Gasteiger partial charge in [-0.1, -0.05) is 37.3 Å². The minimum atomic E-state index is 0.368. The number of rotatable bonds is 3. The molecule has 1 rings (SSSR count). The second-order valence-electron chi connectivity index (χ2n) is 3.27. The van der Waals surface area contributed by atoms with Crippen LogP contribution >= 0.6 is 0 Å². The zero-order valence-corrected chi connectivity index (χ0v) is 7.67. The Bertz CT molecular complexity index is 251. The number of hydrogen-bond acceptors (Lipinski definition) is 1. The van der Waals surface area contributed by atoms with E-state index in [9.17, 15) is 0 Å². The Hall–Kier alpha value is -1.11. The molecular formula is C11H15N. The zero-order valence-electron chi connectivity index (χ0n) is 7.67. The van der Waals surface area contributed by atoms with E-state index in [2.05, 4.69) is 19.1 Å². The second-order valence-corrected chi connectivity index (χ2v) is 3.27. The minimum Gasteiger partial charge on any atom is -0.310 e. The first-order valence-corrected chi connectivity index (χ1v) is 4.29. The molecule has 0 aliphatic rings. The quantitative estimate of drug-likeness (QED) is 0.659. The fourth-order valence-corrected chi connectivity index (χ4v) is 1.12. The predicted molar refractivity (Wildman–Crippen MR) is 52.7 cm³/mol. The Morgan fingerprint density at radius 3 is 2.42 bits per heavy atom. The van der Waals surface area contributed by atoms with Crippen LogP contribution in [-0.4, -0.2) is 5.71 Å². The van der Waals surface area contributed by atoms with E-state index in [0.717, 1.165) is 12.1 Å². The molecule has 0 aromatic heterocycles. The Labute approximate surface area is 73.9 Å². The molecule has 0 spiro atoms. The van der Waals surface area contributed by atoms with Gasteiger partial charge in [-0.05, 0) is 24.8 Å². The highest BCUT2D eigenvalue weighted by Crippen LogP contribution is 2.08. The smallest absolute Gasteiger partial charge is 0.00896 e. The third-order valence-corrected chi connectivity index (χ3v) is 2.12. The van der Waals surface area contributed by atoms with Gasteiger partial charge in [0.15, 0.2) is 0 Å². The highest BCUT2D eigenvalue weighted by Gasteiger charge is 2.04. The summed E-state index contributed by atoms with van der Waals surface area (Å²) in [7, 11) is 0. The lowest BCUT2D eigenvalue weighted by atomic mass is 9.98. The Kier molecular flexibility index (Phi) is 3.03. The van der Waals surface area contributed by atoms with E-state index in [1.54, 1.807) is 0 Å². The lowest BCUT2D eigenvalue weighted by molar-refractivity contribution is 0.758. The number of benzene rings is 1. The number of nitrogens with one attached hydrogen (secondary N) is 1. The summed E-state index contributed by atoms with van der Waals surface area (Å²) in [5.74, 6) is 0.368. The summed E-state index contributed by atoms with van der Waals surface area (Å²) in [6.07, 6.45) is 0.982. The van der Waals surface area contributed by atoms with Gasteiger partial charge in [-0.2, -0.15) is 0 Å². The van der Waals surface area contributed by atoms with E-state index < -0.39 is 0 Å². The molecule has 0 saturated carbocycles. The molecule has 0 bridgehead atoms. The number of hydrogen-bond donors (Lipinski definition) is 1. The van der Waals surface area contributed by atoms with E-state index in [0.29, 0.717) is 5.92 Å². The van der Waals surface area contributed by atoms with Crippen LogP contribution in [0.1, 0.15) is 19.4 Å². The first-order valence-electron chi connectivity index (χ1n) is 4.29. The maximum atomic E-state index is 7.45. The summed E-state index contributed by atoms with van der Waals surface area (Å²) in [4.78, 5) is 0. The first kappa shape index (κ1) is 8.98. The van der Waals surface area contributed by atoms with Crippen LogP contribution in [0.5, 0.6) is 0 Å². The van der Waals surface area contributed by atoms with Crippen LogP contribution in [0.4, 0.5) is 0 Å². The topological polar surface area (TPSA) is 23.9 Å². The van der Waals surface area contributed by atoms with Crippen LogP contribution in [0, 0.1) is 11.3 Å². The van der Waals surface area contributed by atoms with Gasteiger partial charge in [0.05, 0.1) is 0 Å². The lowest BCUT2D eigenvalue weighted by Crippen LogP contribution is -2.08. The average Bonchev–Trinajstić information content (AvgIpc) is 2.06. The highest BCUT2D eigenvalue weighted by atomic mass is 14.4. The summed E-state index contributed by atoms with van der Waals surface area (Å²) in [5.41, 5.74) is 2.08. The van der Waals surface area contributed by atoms with Gasteiger partial charge in [0.25, 0.3) is 0 Å². The van der Waals surface area contributed by atoms with Crippen molar-refractivity contribution in [2.75, 3.05) is 0 Å². The summed E-state index contributed by atoms with van der Waals surface area (Å²) in [6, 6.07) is 10.3. The van der Waals surface area contributed by atoms with Crippen molar-refractivity contribution in [1.82, 2.24) is 0 Å². The fourth-order valence-electron chi connectivity index (χ4n) is 1.12. The van der Waals surface area contributed by atoms with Crippen molar-refractivity contribution in [2.45, 2.75) is 20.3 Å². The van der Waals surface area contributed by atoms with Crippen LogP contribution in [0.15, 0.2) is 30.3 Å². The molecule has 1 aromatic carbocycles. The molecule has 1 aromatic rings. The van der Waals surface area contributed by atoms with Crippen LogP contribution in [0.25, 0.3) is 0 Å². The van der Waals surface area contributed by atoms with E-state index in [4.69, 9.17) is 5.41 Å². The van der Waals surface area contributed by atoms with Crippen LogP contribution < -0.4 is 0 Å². The predicted octanol–water partition coefficient (Wildman–Crippen LogP) is 2.90. The van der Waals surface area contributed by atoms with Crippen LogP contribution in [0.2, 0.25) is 0 Å². The van der Waals surface area contributed by atoms with Gasteiger partial charge in [-0.15, -0.1) is 0 Å². The molecule has 0 saturated heterocycles. The Balaban J connectivity index is 2.58. The zero-order chi connectivity index (χ0) is 8.97. The summed E-state index contributed by atoms with van der Waals surface area (Å²) in [5, 5.41) is 7.45. The maximum Gasteiger partial charge on any atom is 0.00896 e. The summed E-state index contributed by atoms with van der Waals surface area (Å²) >= 11 is 0. The monoisotopic (exact) mass is 161 g/mol. The molecule has 12 heavy (non-hydrogen) atoms. The third kappa shape index (κ3) is 2.50. The minimum absolute atomic E-state index is 0.368. The van der Waals surface area contributed by atoms with Gasteiger partial charge in [0, 0.05) is 5.71 Å². The van der Waals surface area contributed by atoms with Gasteiger partial charge < -0.3 is 5.41 Å². The largest absolute Gasteiger partial charge is 0.310 e. The van der Waals surface area contributed by atoms with Crippen molar-refractivity contribution in [2.24, 2.45) is 5.92 Å². The Morgan fingerprint density at radius 1 is 1.33 bits per heavy atom. The lowest BCUT2D eigenvalue weighted by Gasteiger charge is -2.08. The first-order chi connectivity index (χ1) is 5.70. The Morgan fingerprint density at radius 2 is 1.92 bits per heavy atom. The van der Waals surface area contributed by atoms with E-state index >= 15 is 0 Å². The van der Waals surface area contributed by atoms with Crippen molar-refractivity contribution in [3.05, 3.63) is 35.9 Å². The molecule has 1 heteroatoms. The van der Waals surface area contributed by atoms with E-state index in [1.807, 2.05) is 25.1 Å². The molecule has 0 radical (unpaired) electrons. The second kappa shape index (κ2) is 4.05. The van der Waals surface area contributed by atoms with Crippen LogP contribution in [-0.2, 0) is 6.42 Å². The maximum absolute atomic E-state index is 7.45. The normalized spacial score (nSPS) is 12.5. The standard InChI is InChI=1S/C11H15N/c1-9(10(2)12)8-11-6-4-3-5-7-11/h3-7,9,12H,8H2,1-2H3/t9-/m0/s1. The molecule has 0 fully saturated rings. The van der Waals surface area contributed by atoms with Gasteiger partial charge in [0.1, 0.15) is 0 Å². The van der Waals surface area contributed by atoms with Crippen LogP contribution in [0.3, 0.4) is 0 Å². The third-order valence-electron chi connectivity index (χ3n) is 2.12. The van der Waals surface area contributed by atoms with Gasteiger partial charge >= 0.3 is 0 Å². The van der Waals surface area contributed by atoms with E-state index in [1.165, 1.54) is 5.56 Å². The molecule has 1 atom stereocenters. The van der Waals surface area contributed by atoms with Crippen molar-refractivity contribution >= 4 is 5.71 Å².